The molecule has 1 aliphatic heterocycles. The normalized spacial score (nSPS) is 20.3. The van der Waals surface area contributed by atoms with Crippen LogP contribution in [0.4, 0.5) is 0 Å². The monoisotopic (exact) mass is 263 g/mol. The van der Waals surface area contributed by atoms with Crippen LogP contribution < -0.4 is 10.9 Å². The highest BCUT2D eigenvalue weighted by molar-refractivity contribution is 7.16. The second kappa shape index (κ2) is 5.20. The van der Waals surface area contributed by atoms with Crippen LogP contribution in [-0.2, 0) is 6.54 Å². The van der Waals surface area contributed by atoms with Crippen molar-refractivity contribution in [2.75, 3.05) is 6.54 Å². The van der Waals surface area contributed by atoms with E-state index in [4.69, 9.17) is 0 Å². The molecule has 1 atom stereocenters. The van der Waals surface area contributed by atoms with Crippen LogP contribution in [0.1, 0.15) is 25.7 Å². The molecule has 0 spiro atoms. The quantitative estimate of drug-likeness (QED) is 0.921. The van der Waals surface area contributed by atoms with Gasteiger partial charge < -0.3 is 5.32 Å². The summed E-state index contributed by atoms with van der Waals surface area (Å²) in [5.74, 6) is 0. The molecule has 3 heterocycles. The average Bonchev–Trinajstić information content (AvgIpc) is 2.88. The molecule has 2 aromatic heterocycles. The number of thiophene rings is 1. The molecule has 3 rings (SSSR count). The number of aryl methyl sites for hydroxylation is 1. The van der Waals surface area contributed by atoms with E-state index < -0.39 is 0 Å². The fourth-order valence-electron chi connectivity index (χ4n) is 2.52. The van der Waals surface area contributed by atoms with E-state index in [0.29, 0.717) is 6.04 Å². The highest BCUT2D eigenvalue weighted by Gasteiger charge is 2.13. The molecular formula is C13H17N3OS. The summed E-state index contributed by atoms with van der Waals surface area (Å²) in [7, 11) is 0. The van der Waals surface area contributed by atoms with Gasteiger partial charge in [0, 0.05) is 12.6 Å². The average molecular weight is 263 g/mol. The van der Waals surface area contributed by atoms with E-state index in [9.17, 15) is 4.79 Å². The van der Waals surface area contributed by atoms with E-state index >= 15 is 0 Å². The van der Waals surface area contributed by atoms with Crippen LogP contribution in [0.2, 0.25) is 0 Å². The molecule has 1 aliphatic rings. The van der Waals surface area contributed by atoms with E-state index in [2.05, 4.69) is 10.3 Å². The van der Waals surface area contributed by atoms with E-state index in [1.165, 1.54) is 30.6 Å². The summed E-state index contributed by atoms with van der Waals surface area (Å²) < 4.78 is 1.74. The standard InChI is InChI=1S/C13H17N3OS/c17-13-11-5-8-18-12(11)15-9-16(13)7-4-10-3-1-2-6-14-10/h5,8-10,14H,1-4,6-7H2. The Labute approximate surface area is 110 Å². The van der Waals surface area contributed by atoms with Gasteiger partial charge in [-0.2, -0.15) is 0 Å². The van der Waals surface area contributed by atoms with Crippen molar-refractivity contribution in [1.82, 2.24) is 14.9 Å². The minimum atomic E-state index is 0.0945. The van der Waals surface area contributed by atoms with Crippen LogP contribution in [0, 0.1) is 0 Å². The Bertz CT molecular complexity index is 583. The van der Waals surface area contributed by atoms with E-state index in [0.717, 1.165) is 29.7 Å². The summed E-state index contributed by atoms with van der Waals surface area (Å²) in [6.45, 7) is 1.87. The number of hydrogen-bond donors (Lipinski definition) is 1. The van der Waals surface area contributed by atoms with Gasteiger partial charge in [-0.1, -0.05) is 6.42 Å². The molecule has 0 aromatic carbocycles. The van der Waals surface area contributed by atoms with Crippen molar-refractivity contribution >= 4 is 21.6 Å². The number of hydrogen-bond acceptors (Lipinski definition) is 4. The van der Waals surface area contributed by atoms with Gasteiger partial charge in [0.15, 0.2) is 0 Å². The molecule has 96 valence electrons. The van der Waals surface area contributed by atoms with Crippen molar-refractivity contribution < 1.29 is 0 Å². The third-order valence-corrected chi connectivity index (χ3v) is 4.40. The lowest BCUT2D eigenvalue weighted by Gasteiger charge is -2.23. The van der Waals surface area contributed by atoms with Gasteiger partial charge in [0.1, 0.15) is 4.83 Å². The Hall–Kier alpha value is -1.20. The lowest BCUT2D eigenvalue weighted by molar-refractivity contribution is 0.364. The van der Waals surface area contributed by atoms with Crippen LogP contribution in [0.25, 0.3) is 10.2 Å². The minimum absolute atomic E-state index is 0.0945. The third kappa shape index (κ3) is 2.33. The molecule has 2 aromatic rings. The Morgan fingerprint density at radius 3 is 3.28 bits per heavy atom. The molecule has 0 bridgehead atoms. The zero-order valence-corrected chi connectivity index (χ0v) is 11.1. The molecule has 0 saturated carbocycles. The summed E-state index contributed by atoms with van der Waals surface area (Å²) >= 11 is 1.52. The zero-order chi connectivity index (χ0) is 12.4. The summed E-state index contributed by atoms with van der Waals surface area (Å²) in [5, 5.41) is 6.18. The van der Waals surface area contributed by atoms with Crippen LogP contribution >= 0.6 is 11.3 Å². The van der Waals surface area contributed by atoms with Gasteiger partial charge in [0.05, 0.1) is 11.7 Å². The minimum Gasteiger partial charge on any atom is -0.314 e. The number of rotatable bonds is 3. The number of nitrogens with one attached hydrogen (secondary N) is 1. The Balaban J connectivity index is 1.74. The Morgan fingerprint density at radius 2 is 2.44 bits per heavy atom. The number of aromatic nitrogens is 2. The van der Waals surface area contributed by atoms with Crippen LogP contribution in [0.5, 0.6) is 0 Å². The molecule has 0 amide bonds. The maximum Gasteiger partial charge on any atom is 0.262 e. The lowest BCUT2D eigenvalue weighted by atomic mass is 10.0. The van der Waals surface area contributed by atoms with Gasteiger partial charge in [0.2, 0.25) is 0 Å². The zero-order valence-electron chi connectivity index (χ0n) is 10.3. The largest absolute Gasteiger partial charge is 0.314 e. The summed E-state index contributed by atoms with van der Waals surface area (Å²) in [5.41, 5.74) is 0.0945. The second-order valence-corrected chi connectivity index (χ2v) is 5.71. The number of nitrogens with zero attached hydrogens (tertiary/aromatic N) is 2. The predicted molar refractivity (Wildman–Crippen MR) is 74.1 cm³/mol. The highest BCUT2D eigenvalue weighted by atomic mass is 32.1. The van der Waals surface area contributed by atoms with E-state index in [1.807, 2.05) is 11.4 Å². The molecule has 1 unspecified atom stereocenters. The molecule has 1 saturated heterocycles. The summed E-state index contributed by atoms with van der Waals surface area (Å²) in [6, 6.07) is 2.42. The van der Waals surface area contributed by atoms with Gasteiger partial charge >= 0.3 is 0 Å². The fraction of sp³-hybridized carbons (Fsp3) is 0.538. The van der Waals surface area contributed by atoms with Crippen LogP contribution in [0.15, 0.2) is 22.6 Å². The van der Waals surface area contributed by atoms with Crippen molar-refractivity contribution in [3.8, 4) is 0 Å². The number of piperidine rings is 1. The van der Waals surface area contributed by atoms with Crippen molar-refractivity contribution in [2.45, 2.75) is 38.3 Å². The van der Waals surface area contributed by atoms with Gasteiger partial charge in [-0.15, -0.1) is 11.3 Å². The van der Waals surface area contributed by atoms with Crippen LogP contribution in [-0.4, -0.2) is 22.1 Å². The third-order valence-electron chi connectivity index (χ3n) is 3.58. The van der Waals surface area contributed by atoms with Crippen molar-refractivity contribution in [3.63, 3.8) is 0 Å². The maximum atomic E-state index is 12.2. The molecule has 18 heavy (non-hydrogen) atoms. The van der Waals surface area contributed by atoms with Crippen molar-refractivity contribution in [3.05, 3.63) is 28.1 Å². The Kier molecular flexibility index (Phi) is 3.43. The summed E-state index contributed by atoms with van der Waals surface area (Å²) in [4.78, 5) is 17.3. The topological polar surface area (TPSA) is 46.9 Å². The first kappa shape index (κ1) is 11.9. The van der Waals surface area contributed by atoms with Gasteiger partial charge in [0.25, 0.3) is 5.56 Å². The molecule has 0 radical (unpaired) electrons. The molecule has 0 aliphatic carbocycles. The maximum absolute atomic E-state index is 12.2. The SMILES string of the molecule is O=c1c2ccsc2ncn1CCC1CCCCN1. The van der Waals surface area contributed by atoms with Crippen LogP contribution in [0.3, 0.4) is 0 Å². The predicted octanol–water partition coefficient (Wildman–Crippen LogP) is 1.99. The number of fused-ring (bicyclic) bond motifs is 1. The first-order chi connectivity index (χ1) is 8.84. The molecular weight excluding hydrogens is 246 g/mol. The lowest BCUT2D eigenvalue weighted by Crippen LogP contribution is -2.35. The first-order valence-corrected chi connectivity index (χ1v) is 7.38. The highest BCUT2D eigenvalue weighted by Crippen LogP contribution is 2.14. The smallest absolute Gasteiger partial charge is 0.262 e. The second-order valence-electron chi connectivity index (χ2n) is 4.82. The van der Waals surface area contributed by atoms with E-state index in [1.54, 1.807) is 10.9 Å². The Morgan fingerprint density at radius 1 is 1.50 bits per heavy atom. The molecule has 1 fully saturated rings. The van der Waals surface area contributed by atoms with E-state index in [-0.39, 0.29) is 5.56 Å². The van der Waals surface area contributed by atoms with Gasteiger partial charge in [-0.05, 0) is 37.3 Å². The van der Waals surface area contributed by atoms with Crippen molar-refractivity contribution in [1.29, 1.82) is 0 Å². The molecule has 5 heteroatoms. The molecule has 4 nitrogen and oxygen atoms in total. The summed E-state index contributed by atoms with van der Waals surface area (Å²) in [6.07, 6.45) is 6.50. The fourth-order valence-corrected chi connectivity index (χ4v) is 3.24. The van der Waals surface area contributed by atoms with Gasteiger partial charge in [-0.25, -0.2) is 4.98 Å². The van der Waals surface area contributed by atoms with Crippen molar-refractivity contribution in [2.24, 2.45) is 0 Å². The van der Waals surface area contributed by atoms with Gasteiger partial charge in [-0.3, -0.25) is 9.36 Å². The first-order valence-electron chi connectivity index (χ1n) is 6.50. The molecule has 1 N–H and O–H groups in total.